The number of rotatable bonds is 10. The van der Waals surface area contributed by atoms with Crippen molar-refractivity contribution in [3.05, 3.63) is 117 Å². The molecular weight excluding hydrogens is 564 g/mol. The number of benzene rings is 3. The second kappa shape index (κ2) is 12.6. The molecule has 0 radical (unpaired) electrons. The third kappa shape index (κ3) is 5.92. The highest BCUT2D eigenvalue weighted by molar-refractivity contribution is 7.54. The summed E-state index contributed by atoms with van der Waals surface area (Å²) in [6.07, 6.45) is -0.489. The number of fused-ring (bicyclic) bond motifs is 1. The first-order valence-corrected chi connectivity index (χ1v) is 15.3. The molecule has 2 heterocycles. The second-order valence-corrected chi connectivity index (χ2v) is 11.9. The molecule has 1 saturated heterocycles. The number of hydrogen-bond acceptors (Lipinski definition) is 8. The molecule has 0 bridgehead atoms. The number of halogens is 1. The van der Waals surface area contributed by atoms with Crippen LogP contribution in [0.25, 0.3) is 10.9 Å². The number of para-hydroxylation sites is 1. The van der Waals surface area contributed by atoms with E-state index in [1.807, 2.05) is 30.3 Å². The van der Waals surface area contributed by atoms with Crippen LogP contribution in [-0.4, -0.2) is 45.2 Å². The minimum atomic E-state index is -3.67. The van der Waals surface area contributed by atoms with Gasteiger partial charge in [-0.3, -0.25) is 23.6 Å². The van der Waals surface area contributed by atoms with Crippen molar-refractivity contribution in [2.75, 3.05) is 13.2 Å². The average Bonchev–Trinajstić information content (AvgIpc) is 3.39. The summed E-state index contributed by atoms with van der Waals surface area (Å²) in [6.45, 7) is 4.01. The summed E-state index contributed by atoms with van der Waals surface area (Å²) in [4.78, 5) is 46.7. The number of hydrogen-bond donors (Lipinski definition) is 0. The third-order valence-corrected chi connectivity index (χ3v) is 9.42. The Morgan fingerprint density at radius 2 is 1.60 bits per heavy atom. The molecule has 1 aromatic heterocycles. The van der Waals surface area contributed by atoms with Crippen molar-refractivity contribution in [1.82, 2.24) is 14.2 Å². The molecule has 1 aliphatic heterocycles. The Morgan fingerprint density at radius 1 is 0.952 bits per heavy atom. The van der Waals surface area contributed by atoms with Gasteiger partial charge in [-0.05, 0) is 55.8 Å². The molecule has 0 spiro atoms. The summed E-state index contributed by atoms with van der Waals surface area (Å²) in [6, 6.07) is 20.5. The summed E-state index contributed by atoms with van der Waals surface area (Å²) in [5.41, 5.74) is -0.446. The molecule has 3 aromatic carbocycles. The maximum absolute atomic E-state index is 13.9. The van der Waals surface area contributed by atoms with Gasteiger partial charge in [0.15, 0.2) is 0 Å². The molecule has 5 rings (SSSR count). The van der Waals surface area contributed by atoms with Gasteiger partial charge in [0, 0.05) is 12.0 Å². The molecule has 220 valence electrons. The Bertz CT molecular complexity index is 1730. The molecule has 2 atom stereocenters. The van der Waals surface area contributed by atoms with Crippen LogP contribution in [0.2, 0.25) is 0 Å². The highest BCUT2D eigenvalue weighted by Crippen LogP contribution is 2.58. The molecule has 0 saturated carbocycles. The number of carbonyl (C=O) groups is 1. The van der Waals surface area contributed by atoms with Crippen molar-refractivity contribution in [3.8, 4) is 0 Å². The summed E-state index contributed by atoms with van der Waals surface area (Å²) in [5, 5.41) is 1.72. The zero-order chi connectivity index (χ0) is 29.9. The van der Waals surface area contributed by atoms with Gasteiger partial charge in [0.25, 0.3) is 11.5 Å². The molecule has 12 heteroatoms. The maximum atomic E-state index is 13.9. The number of aromatic nitrogens is 2. The van der Waals surface area contributed by atoms with Crippen molar-refractivity contribution >= 4 is 24.4 Å². The van der Waals surface area contributed by atoms with Gasteiger partial charge in [0.05, 0.1) is 43.3 Å². The van der Waals surface area contributed by atoms with Gasteiger partial charge in [-0.2, -0.15) is 9.63 Å². The van der Waals surface area contributed by atoms with Crippen molar-refractivity contribution < 1.29 is 27.6 Å². The van der Waals surface area contributed by atoms with Crippen molar-refractivity contribution in [3.63, 3.8) is 0 Å². The molecule has 1 fully saturated rings. The van der Waals surface area contributed by atoms with Gasteiger partial charge in [-0.1, -0.05) is 42.5 Å². The lowest BCUT2D eigenvalue weighted by Crippen LogP contribution is -2.45. The van der Waals surface area contributed by atoms with Gasteiger partial charge < -0.3 is 9.05 Å². The number of nitrogens with zero attached hydrogens (tertiary/aromatic N) is 3. The normalized spacial score (nSPS) is 17.6. The SMILES string of the molecule is CCOP(=O)(OCC)C1CC(Cn2c(=O)n(C(=O)c3ccc(F)cc3)c(=O)c3ccccc32)ON1Cc1ccccc1. The van der Waals surface area contributed by atoms with Crippen molar-refractivity contribution in [2.45, 2.75) is 45.2 Å². The van der Waals surface area contributed by atoms with Gasteiger partial charge in [-0.25, -0.2) is 9.18 Å². The van der Waals surface area contributed by atoms with Gasteiger partial charge in [-0.15, -0.1) is 0 Å². The fourth-order valence-corrected chi connectivity index (χ4v) is 7.21. The Morgan fingerprint density at radius 3 is 2.26 bits per heavy atom. The van der Waals surface area contributed by atoms with Crippen LogP contribution in [0.15, 0.2) is 88.5 Å². The predicted octanol–water partition coefficient (Wildman–Crippen LogP) is 4.79. The first-order chi connectivity index (χ1) is 20.3. The van der Waals surface area contributed by atoms with E-state index in [4.69, 9.17) is 13.9 Å². The van der Waals surface area contributed by atoms with Crippen molar-refractivity contribution in [2.24, 2.45) is 0 Å². The Kier molecular flexibility index (Phi) is 8.96. The predicted molar refractivity (Wildman–Crippen MR) is 155 cm³/mol. The number of hydroxylamine groups is 2. The van der Waals surface area contributed by atoms with E-state index in [9.17, 15) is 23.3 Å². The van der Waals surface area contributed by atoms with E-state index in [1.165, 1.54) is 22.8 Å². The van der Waals surface area contributed by atoms with E-state index in [0.29, 0.717) is 10.1 Å². The van der Waals surface area contributed by atoms with Crippen LogP contribution >= 0.6 is 7.60 Å². The molecule has 1 aliphatic rings. The summed E-state index contributed by atoms with van der Waals surface area (Å²) in [5.74, 6) is -2.20. The number of carbonyl (C=O) groups excluding carboxylic acids is 1. The van der Waals surface area contributed by atoms with E-state index >= 15 is 0 Å². The van der Waals surface area contributed by atoms with Crippen LogP contribution < -0.4 is 11.2 Å². The third-order valence-electron chi connectivity index (χ3n) is 6.99. The molecule has 2 unspecified atom stereocenters. The van der Waals surface area contributed by atoms with Crippen LogP contribution in [0.4, 0.5) is 4.39 Å². The van der Waals surface area contributed by atoms with Gasteiger partial charge >= 0.3 is 13.3 Å². The summed E-state index contributed by atoms with van der Waals surface area (Å²) in [7, 11) is -3.67. The van der Waals surface area contributed by atoms with Crippen LogP contribution in [-0.2, 0) is 31.5 Å². The summed E-state index contributed by atoms with van der Waals surface area (Å²) < 4.78 is 40.6. The van der Waals surface area contributed by atoms with E-state index in [0.717, 1.165) is 17.7 Å². The van der Waals surface area contributed by atoms with E-state index in [2.05, 4.69) is 0 Å². The molecule has 10 nitrogen and oxygen atoms in total. The zero-order valence-electron chi connectivity index (χ0n) is 23.2. The fraction of sp³-hybridized carbons (Fsp3) is 0.300. The second-order valence-electron chi connectivity index (χ2n) is 9.74. The maximum Gasteiger partial charge on any atom is 0.350 e. The van der Waals surface area contributed by atoms with Crippen LogP contribution in [0.3, 0.4) is 0 Å². The molecule has 42 heavy (non-hydrogen) atoms. The minimum Gasteiger partial charge on any atom is -0.308 e. The standard InChI is InChI=1S/C30H31FN3O7P/c1-3-39-42(38,40-4-2)27-18-24(41-33(27)19-21-10-6-5-7-11-21)20-32-26-13-9-8-12-25(26)29(36)34(30(32)37)28(35)22-14-16-23(31)17-15-22/h5-17,24,27H,3-4,18-20H2,1-2H3. The molecule has 4 aromatic rings. The average molecular weight is 596 g/mol. The lowest BCUT2D eigenvalue weighted by molar-refractivity contribution is -0.164. The smallest absolute Gasteiger partial charge is 0.308 e. The molecular formula is C30H31FN3O7P. The lowest BCUT2D eigenvalue weighted by Gasteiger charge is -2.28. The van der Waals surface area contributed by atoms with Crippen molar-refractivity contribution in [1.29, 1.82) is 0 Å². The quantitative estimate of drug-likeness (QED) is 0.241. The first kappa shape index (κ1) is 29.8. The summed E-state index contributed by atoms with van der Waals surface area (Å²) >= 11 is 0. The van der Waals surface area contributed by atoms with E-state index in [-0.39, 0.29) is 43.7 Å². The fourth-order valence-electron chi connectivity index (χ4n) is 5.13. The molecule has 0 N–H and O–H groups in total. The molecule has 0 aliphatic carbocycles. The van der Waals surface area contributed by atoms with Crippen LogP contribution in [0.1, 0.15) is 36.2 Å². The minimum absolute atomic E-state index is 0.0157. The first-order valence-electron chi connectivity index (χ1n) is 13.7. The monoisotopic (exact) mass is 595 g/mol. The lowest BCUT2D eigenvalue weighted by atomic mass is 10.2. The largest absolute Gasteiger partial charge is 0.350 e. The zero-order valence-corrected chi connectivity index (χ0v) is 24.1. The van der Waals surface area contributed by atoms with E-state index < -0.39 is 42.5 Å². The van der Waals surface area contributed by atoms with Gasteiger partial charge in [0.2, 0.25) is 0 Å². The Balaban J connectivity index is 1.55. The molecule has 0 amide bonds. The highest BCUT2D eigenvalue weighted by atomic mass is 31.2. The van der Waals surface area contributed by atoms with Crippen LogP contribution in [0.5, 0.6) is 0 Å². The van der Waals surface area contributed by atoms with E-state index in [1.54, 1.807) is 37.1 Å². The Hall–Kier alpha value is -3.73. The van der Waals surface area contributed by atoms with Crippen LogP contribution in [0, 0.1) is 5.82 Å². The van der Waals surface area contributed by atoms with Gasteiger partial charge in [0.1, 0.15) is 11.6 Å². The Labute approximate surface area is 241 Å². The highest BCUT2D eigenvalue weighted by Gasteiger charge is 2.47. The topological polar surface area (TPSA) is 109 Å².